The quantitative estimate of drug-likeness (QED) is 0.568. The van der Waals surface area contributed by atoms with E-state index in [4.69, 9.17) is 0 Å². The van der Waals surface area contributed by atoms with Crippen LogP contribution in [-0.2, 0) is 0 Å². The molecule has 0 heterocycles. The first-order chi connectivity index (χ1) is 13.1. The smallest absolute Gasteiger partial charge is 0.126 e. The van der Waals surface area contributed by atoms with Crippen LogP contribution in [0.1, 0.15) is 41.9 Å². The molecule has 2 nitrogen and oxygen atoms in total. The maximum absolute atomic E-state index is 10.5. The molecule has 0 amide bonds. The first-order valence-electron chi connectivity index (χ1n) is 9.49. The van der Waals surface area contributed by atoms with Gasteiger partial charge in [-0.05, 0) is 84.2 Å². The topological polar surface area (TPSA) is 40.5 Å². The van der Waals surface area contributed by atoms with Crippen LogP contribution in [0.3, 0.4) is 0 Å². The van der Waals surface area contributed by atoms with E-state index in [1.807, 2.05) is 49.4 Å². The highest BCUT2D eigenvalue weighted by atomic mass is 16.3. The van der Waals surface area contributed by atoms with E-state index >= 15 is 0 Å². The number of rotatable bonds is 3. The van der Waals surface area contributed by atoms with Crippen LogP contribution in [0.15, 0.2) is 72.8 Å². The molecule has 2 N–H and O–H groups in total. The van der Waals surface area contributed by atoms with Crippen molar-refractivity contribution in [1.29, 1.82) is 0 Å². The van der Waals surface area contributed by atoms with Gasteiger partial charge < -0.3 is 10.2 Å². The van der Waals surface area contributed by atoms with Crippen molar-refractivity contribution in [1.82, 2.24) is 0 Å². The van der Waals surface area contributed by atoms with Gasteiger partial charge in [-0.25, -0.2) is 0 Å². The van der Waals surface area contributed by atoms with Crippen LogP contribution in [0.5, 0.6) is 11.5 Å². The second-order valence-electron chi connectivity index (χ2n) is 7.35. The van der Waals surface area contributed by atoms with Crippen LogP contribution < -0.4 is 0 Å². The fourth-order valence-corrected chi connectivity index (χ4v) is 3.95. The molecule has 0 saturated carbocycles. The van der Waals surface area contributed by atoms with Crippen molar-refractivity contribution in [2.75, 3.05) is 0 Å². The Balaban J connectivity index is 1.62. The van der Waals surface area contributed by atoms with Crippen molar-refractivity contribution in [3.8, 4) is 22.6 Å². The van der Waals surface area contributed by atoms with E-state index in [0.717, 1.165) is 36.0 Å². The highest BCUT2D eigenvalue weighted by Crippen LogP contribution is 2.40. The minimum absolute atomic E-state index is 0.318. The lowest BCUT2D eigenvalue weighted by molar-refractivity contribution is 0.473. The number of allylic oxidation sites excluding steroid dienone is 2. The van der Waals surface area contributed by atoms with E-state index in [9.17, 15) is 10.2 Å². The van der Waals surface area contributed by atoms with Crippen LogP contribution >= 0.6 is 0 Å². The molecule has 3 aromatic rings. The summed E-state index contributed by atoms with van der Waals surface area (Å²) in [7, 11) is 0. The summed E-state index contributed by atoms with van der Waals surface area (Å²) < 4.78 is 0. The largest absolute Gasteiger partial charge is 0.508 e. The van der Waals surface area contributed by atoms with Gasteiger partial charge in [0.05, 0.1) is 0 Å². The number of phenolic OH excluding ortho intramolecular Hbond substituents is 2. The minimum atomic E-state index is 0.318. The molecule has 0 radical (unpaired) electrons. The van der Waals surface area contributed by atoms with Gasteiger partial charge in [-0.1, -0.05) is 48.5 Å². The third-order valence-electron chi connectivity index (χ3n) is 5.53. The fourth-order valence-electron chi connectivity index (χ4n) is 3.95. The molecule has 1 unspecified atom stereocenters. The van der Waals surface area contributed by atoms with Crippen molar-refractivity contribution < 1.29 is 10.2 Å². The molecule has 136 valence electrons. The molecule has 0 aliphatic heterocycles. The lowest BCUT2D eigenvalue weighted by Crippen LogP contribution is -2.04. The third kappa shape index (κ3) is 3.61. The van der Waals surface area contributed by atoms with E-state index in [1.54, 1.807) is 12.1 Å². The van der Waals surface area contributed by atoms with Crippen molar-refractivity contribution in [3.63, 3.8) is 0 Å². The molecular formula is C25H24O2. The summed E-state index contributed by atoms with van der Waals surface area (Å²) >= 11 is 0. The van der Waals surface area contributed by atoms with Gasteiger partial charge in [0.2, 0.25) is 0 Å². The standard InChI is InChI=1S/C25H24O2/c1-17-15-22(16-24(25(17)27)21-5-3-2-4-6-21)20-9-7-18(8-10-20)19-11-13-23(26)14-12-19/h2-6,9,11-16,18,26-27H,7-8,10H2,1H3. The van der Waals surface area contributed by atoms with E-state index in [-0.39, 0.29) is 0 Å². The summed E-state index contributed by atoms with van der Waals surface area (Å²) in [5, 5.41) is 20.0. The molecule has 0 aromatic heterocycles. The van der Waals surface area contributed by atoms with Gasteiger partial charge >= 0.3 is 0 Å². The molecule has 0 bridgehead atoms. The summed E-state index contributed by atoms with van der Waals surface area (Å²) in [6.07, 6.45) is 5.45. The average Bonchev–Trinajstić information content (AvgIpc) is 2.71. The first-order valence-corrected chi connectivity index (χ1v) is 9.49. The van der Waals surface area contributed by atoms with E-state index < -0.39 is 0 Å². The van der Waals surface area contributed by atoms with Crippen molar-refractivity contribution in [2.45, 2.75) is 32.1 Å². The highest BCUT2D eigenvalue weighted by molar-refractivity contribution is 5.78. The van der Waals surface area contributed by atoms with Gasteiger partial charge in [0.25, 0.3) is 0 Å². The highest BCUT2D eigenvalue weighted by Gasteiger charge is 2.19. The van der Waals surface area contributed by atoms with E-state index in [2.05, 4.69) is 18.2 Å². The average molecular weight is 356 g/mol. The van der Waals surface area contributed by atoms with Crippen LogP contribution in [0, 0.1) is 6.92 Å². The lowest BCUT2D eigenvalue weighted by atomic mass is 9.82. The first kappa shape index (κ1) is 17.4. The van der Waals surface area contributed by atoms with Gasteiger partial charge in [-0.15, -0.1) is 0 Å². The SMILES string of the molecule is Cc1cc(C2=CCC(c3ccc(O)cc3)CC2)cc(-c2ccccc2)c1O. The molecule has 0 spiro atoms. The molecular weight excluding hydrogens is 332 g/mol. The Kier molecular flexibility index (Phi) is 4.72. The van der Waals surface area contributed by atoms with Gasteiger partial charge in [0.15, 0.2) is 0 Å². The number of phenols is 2. The van der Waals surface area contributed by atoms with Crippen LogP contribution in [0.25, 0.3) is 16.7 Å². The Labute approximate surface area is 160 Å². The molecule has 0 saturated heterocycles. The summed E-state index contributed by atoms with van der Waals surface area (Å²) in [4.78, 5) is 0. The molecule has 3 aromatic carbocycles. The molecule has 0 fully saturated rings. The zero-order chi connectivity index (χ0) is 18.8. The Morgan fingerprint density at radius 3 is 2.26 bits per heavy atom. The number of benzene rings is 3. The van der Waals surface area contributed by atoms with Crippen molar-refractivity contribution in [2.24, 2.45) is 0 Å². The van der Waals surface area contributed by atoms with Crippen LogP contribution in [-0.4, -0.2) is 10.2 Å². The number of aryl methyl sites for hydroxylation is 1. The normalized spacial score (nSPS) is 16.8. The van der Waals surface area contributed by atoms with Crippen LogP contribution in [0.2, 0.25) is 0 Å². The lowest BCUT2D eigenvalue weighted by Gasteiger charge is -2.23. The summed E-state index contributed by atoms with van der Waals surface area (Å²) in [6.45, 7) is 1.97. The Morgan fingerprint density at radius 1 is 0.852 bits per heavy atom. The monoisotopic (exact) mass is 356 g/mol. The predicted molar refractivity (Wildman–Crippen MR) is 111 cm³/mol. The Hall–Kier alpha value is -3.00. The minimum Gasteiger partial charge on any atom is -0.508 e. The Morgan fingerprint density at radius 2 is 1.59 bits per heavy atom. The van der Waals surface area contributed by atoms with Crippen molar-refractivity contribution >= 4 is 5.57 Å². The summed E-state index contributed by atoms with van der Waals surface area (Å²) in [6, 6.07) is 21.9. The van der Waals surface area contributed by atoms with Gasteiger partial charge in [-0.3, -0.25) is 0 Å². The molecule has 27 heavy (non-hydrogen) atoms. The van der Waals surface area contributed by atoms with E-state index in [0.29, 0.717) is 17.4 Å². The predicted octanol–water partition coefficient (Wildman–Crippen LogP) is 6.42. The Bertz CT molecular complexity index is 969. The maximum atomic E-state index is 10.5. The molecule has 1 aliphatic carbocycles. The molecule has 2 heteroatoms. The van der Waals surface area contributed by atoms with Gasteiger partial charge in [-0.2, -0.15) is 0 Å². The second kappa shape index (κ2) is 7.32. The zero-order valence-electron chi connectivity index (χ0n) is 15.5. The van der Waals surface area contributed by atoms with Crippen LogP contribution in [0.4, 0.5) is 0 Å². The number of aromatic hydroxyl groups is 2. The van der Waals surface area contributed by atoms with Gasteiger partial charge in [0.1, 0.15) is 11.5 Å². The molecule has 4 rings (SSSR count). The summed E-state index contributed by atoms with van der Waals surface area (Å²) in [5.74, 6) is 1.18. The maximum Gasteiger partial charge on any atom is 0.126 e. The summed E-state index contributed by atoms with van der Waals surface area (Å²) in [5.41, 5.74) is 6.69. The fraction of sp³-hybridized carbons (Fsp3) is 0.200. The van der Waals surface area contributed by atoms with Crippen molar-refractivity contribution in [3.05, 3.63) is 89.5 Å². The molecule has 1 atom stereocenters. The zero-order valence-corrected chi connectivity index (χ0v) is 15.5. The number of hydrogen-bond acceptors (Lipinski definition) is 2. The third-order valence-corrected chi connectivity index (χ3v) is 5.53. The van der Waals surface area contributed by atoms with Gasteiger partial charge in [0, 0.05) is 5.56 Å². The second-order valence-corrected chi connectivity index (χ2v) is 7.35. The molecule has 1 aliphatic rings. The van der Waals surface area contributed by atoms with E-state index in [1.165, 1.54) is 16.7 Å². The number of hydrogen-bond donors (Lipinski definition) is 2.